The summed E-state index contributed by atoms with van der Waals surface area (Å²) in [4.78, 5) is 9.05. The second-order valence-electron chi connectivity index (χ2n) is 7.06. The molecule has 5 rings (SSSR count). The van der Waals surface area contributed by atoms with Gasteiger partial charge in [0.1, 0.15) is 15.7 Å². The number of para-hydroxylation sites is 1. The zero-order valence-corrected chi connectivity index (χ0v) is 17.7. The van der Waals surface area contributed by atoms with E-state index in [1.165, 1.54) is 10.5 Å². The van der Waals surface area contributed by atoms with E-state index in [4.69, 9.17) is 4.74 Å². The third-order valence-electron chi connectivity index (χ3n) is 5.03. The Morgan fingerprint density at radius 1 is 0.933 bits per heavy atom. The van der Waals surface area contributed by atoms with Gasteiger partial charge in [0.15, 0.2) is 0 Å². The average Bonchev–Trinajstić information content (AvgIpc) is 3.45. The first kappa shape index (κ1) is 19.2. The van der Waals surface area contributed by atoms with Crippen molar-refractivity contribution in [2.45, 2.75) is 17.7 Å². The molecule has 8 heteroatoms. The van der Waals surface area contributed by atoms with Crippen LogP contribution in [-0.4, -0.2) is 35.8 Å². The molecule has 0 amide bonds. The molecule has 0 N–H and O–H groups in total. The second-order valence-corrected chi connectivity index (χ2v) is 10.0. The molecular weight excluding hydrogens is 418 g/mol. The molecule has 6 nitrogen and oxygen atoms in total. The van der Waals surface area contributed by atoms with Crippen LogP contribution in [0.2, 0.25) is 0 Å². The Hall–Kier alpha value is -2.81. The first-order valence-electron chi connectivity index (χ1n) is 9.70. The number of pyridine rings is 1. The first-order valence-corrected chi connectivity index (χ1v) is 12.0. The van der Waals surface area contributed by atoms with Gasteiger partial charge in [-0.05, 0) is 55.3 Å². The minimum atomic E-state index is -3.47. The lowest BCUT2D eigenvalue weighted by molar-refractivity contribution is 0.460. The van der Waals surface area contributed by atoms with Crippen molar-refractivity contribution in [3.8, 4) is 22.2 Å². The molecular formula is C22H19N3O3S2. The predicted molar refractivity (Wildman–Crippen MR) is 117 cm³/mol. The van der Waals surface area contributed by atoms with Gasteiger partial charge in [-0.25, -0.2) is 18.4 Å². The van der Waals surface area contributed by atoms with E-state index in [0.29, 0.717) is 24.7 Å². The number of hydrogen-bond donors (Lipinski definition) is 0. The van der Waals surface area contributed by atoms with Crippen molar-refractivity contribution in [2.24, 2.45) is 0 Å². The molecule has 4 aromatic rings. The highest BCUT2D eigenvalue weighted by atomic mass is 32.2. The molecule has 1 saturated heterocycles. The Bertz CT molecular complexity index is 1240. The van der Waals surface area contributed by atoms with Gasteiger partial charge in [-0.2, -0.15) is 4.31 Å². The van der Waals surface area contributed by atoms with Crippen molar-refractivity contribution >= 4 is 31.6 Å². The number of fused-ring (bicyclic) bond motifs is 1. The molecule has 1 aliphatic heterocycles. The summed E-state index contributed by atoms with van der Waals surface area (Å²) in [6.45, 7) is 1.14. The van der Waals surface area contributed by atoms with E-state index in [9.17, 15) is 8.42 Å². The number of sulfonamides is 1. The number of hydrogen-bond acceptors (Lipinski definition) is 6. The summed E-state index contributed by atoms with van der Waals surface area (Å²) in [5, 5.41) is 0.956. The number of benzene rings is 2. The SMILES string of the molecule is O=S(=O)(c1ccc(Oc2ccc(-c3nc4ccccc4s3)cc2)nc1)N1CCCC1. The molecule has 152 valence electrons. The third kappa shape index (κ3) is 3.69. The second kappa shape index (κ2) is 7.79. The lowest BCUT2D eigenvalue weighted by Gasteiger charge is -2.15. The van der Waals surface area contributed by atoms with Gasteiger partial charge < -0.3 is 4.74 Å². The highest BCUT2D eigenvalue weighted by Gasteiger charge is 2.27. The van der Waals surface area contributed by atoms with Crippen molar-refractivity contribution < 1.29 is 13.2 Å². The van der Waals surface area contributed by atoms with Gasteiger partial charge >= 0.3 is 0 Å². The Kier molecular flexibility index (Phi) is 4.98. The molecule has 0 unspecified atom stereocenters. The zero-order valence-electron chi connectivity index (χ0n) is 16.1. The standard InChI is InChI=1S/C22H19N3O3S2/c26-30(27,25-13-3-4-14-25)18-11-12-21(23-15-18)28-17-9-7-16(8-10-17)22-24-19-5-1-2-6-20(19)29-22/h1-2,5-12,15H,3-4,13-14H2. The fraction of sp³-hybridized carbons (Fsp3) is 0.182. The molecule has 30 heavy (non-hydrogen) atoms. The summed E-state index contributed by atoms with van der Waals surface area (Å²) in [5.41, 5.74) is 2.01. The van der Waals surface area contributed by atoms with E-state index in [1.54, 1.807) is 23.5 Å². The maximum atomic E-state index is 12.6. The van der Waals surface area contributed by atoms with E-state index >= 15 is 0 Å². The highest BCUT2D eigenvalue weighted by molar-refractivity contribution is 7.89. The summed E-state index contributed by atoms with van der Waals surface area (Å²) in [6, 6.07) is 18.8. The Morgan fingerprint density at radius 2 is 1.70 bits per heavy atom. The molecule has 0 radical (unpaired) electrons. The molecule has 2 aromatic heterocycles. The van der Waals surface area contributed by atoms with Crippen LogP contribution in [0.1, 0.15) is 12.8 Å². The van der Waals surface area contributed by atoms with Crippen LogP contribution in [0, 0.1) is 0 Å². The van der Waals surface area contributed by atoms with E-state index in [0.717, 1.165) is 33.6 Å². The van der Waals surface area contributed by atoms with E-state index in [2.05, 4.69) is 16.0 Å². The summed E-state index contributed by atoms with van der Waals surface area (Å²) in [7, 11) is -3.47. The summed E-state index contributed by atoms with van der Waals surface area (Å²) >= 11 is 1.65. The van der Waals surface area contributed by atoms with Crippen LogP contribution in [0.25, 0.3) is 20.8 Å². The third-order valence-corrected chi connectivity index (χ3v) is 8.00. The summed E-state index contributed by atoms with van der Waals surface area (Å²) in [5.74, 6) is 0.977. The molecule has 2 aromatic carbocycles. The van der Waals surface area contributed by atoms with Crippen molar-refractivity contribution in [1.29, 1.82) is 0 Å². The van der Waals surface area contributed by atoms with Gasteiger partial charge in [-0.1, -0.05) is 12.1 Å². The lowest BCUT2D eigenvalue weighted by atomic mass is 10.2. The van der Waals surface area contributed by atoms with Crippen molar-refractivity contribution in [1.82, 2.24) is 14.3 Å². The average molecular weight is 438 g/mol. The molecule has 0 spiro atoms. The maximum absolute atomic E-state index is 12.6. The molecule has 0 saturated carbocycles. The normalized spacial score (nSPS) is 14.9. The van der Waals surface area contributed by atoms with Crippen LogP contribution in [0.5, 0.6) is 11.6 Å². The van der Waals surface area contributed by atoms with Gasteiger partial charge in [0.05, 0.1) is 16.4 Å². The van der Waals surface area contributed by atoms with Gasteiger partial charge in [-0.15, -0.1) is 11.3 Å². The van der Waals surface area contributed by atoms with Gasteiger partial charge in [0, 0.05) is 24.7 Å². The van der Waals surface area contributed by atoms with Crippen LogP contribution in [0.15, 0.2) is 71.8 Å². The van der Waals surface area contributed by atoms with Crippen LogP contribution in [0.3, 0.4) is 0 Å². The molecule has 0 atom stereocenters. The molecule has 3 heterocycles. The summed E-state index contributed by atoms with van der Waals surface area (Å²) < 4.78 is 33.6. The Balaban J connectivity index is 1.31. The van der Waals surface area contributed by atoms with Crippen molar-refractivity contribution in [3.05, 3.63) is 66.9 Å². The van der Waals surface area contributed by atoms with Crippen LogP contribution >= 0.6 is 11.3 Å². The lowest BCUT2D eigenvalue weighted by Crippen LogP contribution is -2.27. The number of rotatable bonds is 5. The molecule has 1 fully saturated rings. The van der Waals surface area contributed by atoms with Crippen molar-refractivity contribution in [3.63, 3.8) is 0 Å². The smallest absolute Gasteiger partial charge is 0.244 e. The monoisotopic (exact) mass is 437 g/mol. The first-order chi connectivity index (χ1) is 14.6. The molecule has 0 aliphatic carbocycles. The summed E-state index contributed by atoms with van der Waals surface area (Å²) in [6.07, 6.45) is 3.17. The molecule has 1 aliphatic rings. The molecule has 0 bridgehead atoms. The minimum absolute atomic E-state index is 0.197. The van der Waals surface area contributed by atoms with Gasteiger partial charge in [0.2, 0.25) is 15.9 Å². The van der Waals surface area contributed by atoms with E-state index in [-0.39, 0.29) is 4.90 Å². The predicted octanol–water partition coefficient (Wildman–Crippen LogP) is 4.94. The Morgan fingerprint density at radius 3 is 2.40 bits per heavy atom. The van der Waals surface area contributed by atoms with Crippen LogP contribution in [0.4, 0.5) is 0 Å². The fourth-order valence-corrected chi connectivity index (χ4v) is 5.87. The van der Waals surface area contributed by atoms with Gasteiger partial charge in [-0.3, -0.25) is 0 Å². The number of nitrogens with zero attached hydrogens (tertiary/aromatic N) is 3. The van der Waals surface area contributed by atoms with Crippen molar-refractivity contribution in [2.75, 3.05) is 13.1 Å². The largest absolute Gasteiger partial charge is 0.439 e. The number of aromatic nitrogens is 2. The zero-order chi connectivity index (χ0) is 20.6. The van der Waals surface area contributed by atoms with Gasteiger partial charge in [0.25, 0.3) is 0 Å². The fourth-order valence-electron chi connectivity index (χ4n) is 3.44. The number of ether oxygens (including phenoxy) is 1. The Labute approximate surface area is 178 Å². The van der Waals surface area contributed by atoms with E-state index < -0.39 is 10.0 Å². The van der Waals surface area contributed by atoms with Crippen LogP contribution < -0.4 is 4.74 Å². The quantitative estimate of drug-likeness (QED) is 0.442. The number of thiazole rings is 1. The maximum Gasteiger partial charge on any atom is 0.244 e. The van der Waals surface area contributed by atoms with E-state index in [1.807, 2.05) is 42.5 Å². The van der Waals surface area contributed by atoms with Crippen LogP contribution in [-0.2, 0) is 10.0 Å². The minimum Gasteiger partial charge on any atom is -0.439 e. The highest BCUT2D eigenvalue weighted by Crippen LogP contribution is 2.31. The topological polar surface area (TPSA) is 72.4 Å².